The van der Waals surface area contributed by atoms with Gasteiger partial charge in [-0.05, 0) is 24.3 Å². The predicted octanol–water partition coefficient (Wildman–Crippen LogP) is 3.98. The van der Waals surface area contributed by atoms with Gasteiger partial charge in [0.25, 0.3) is 5.91 Å². The lowest BCUT2D eigenvalue weighted by Crippen LogP contribution is -2.41. The molecule has 4 aromatic heterocycles. The molecule has 6 rings (SSSR count). The number of nitrogens with zero attached hydrogens (tertiary/aromatic N) is 6. The summed E-state index contributed by atoms with van der Waals surface area (Å²) >= 11 is 6.42. The Kier molecular flexibility index (Phi) is 4.66. The molecule has 9 heteroatoms. The van der Waals surface area contributed by atoms with Gasteiger partial charge in [-0.15, -0.1) is 0 Å². The van der Waals surface area contributed by atoms with Gasteiger partial charge in [0.15, 0.2) is 11.0 Å². The van der Waals surface area contributed by atoms with Gasteiger partial charge in [-0.2, -0.15) is 5.10 Å². The van der Waals surface area contributed by atoms with Crippen LogP contribution in [0.1, 0.15) is 33.5 Å². The molecule has 1 aromatic carbocycles. The van der Waals surface area contributed by atoms with E-state index in [4.69, 9.17) is 16.6 Å². The smallest absolute Gasteiger partial charge is 0.259 e. The largest absolute Gasteiger partial charge is 0.348 e. The number of amides is 1. The fourth-order valence-electron chi connectivity index (χ4n) is 4.29. The highest BCUT2D eigenvalue weighted by atomic mass is 35.5. The molecule has 1 aliphatic rings. The molecule has 0 saturated carbocycles. The second kappa shape index (κ2) is 7.83. The number of carbonyl (C=O) groups excluding carboxylic acids is 1. The zero-order valence-corrected chi connectivity index (χ0v) is 18.1. The first-order valence-corrected chi connectivity index (χ1v) is 10.9. The maximum Gasteiger partial charge on any atom is 0.259 e. The number of benzene rings is 1. The van der Waals surface area contributed by atoms with Crippen molar-refractivity contribution in [2.45, 2.75) is 12.5 Å². The van der Waals surface area contributed by atoms with Crippen LogP contribution in [0.25, 0.3) is 16.7 Å². The number of rotatable bonds is 3. The van der Waals surface area contributed by atoms with Crippen molar-refractivity contribution in [3.8, 4) is 5.82 Å². The van der Waals surface area contributed by atoms with Crippen LogP contribution in [-0.2, 0) is 6.42 Å². The van der Waals surface area contributed by atoms with Crippen LogP contribution >= 0.6 is 11.6 Å². The fourth-order valence-corrected chi connectivity index (χ4v) is 4.50. The van der Waals surface area contributed by atoms with Gasteiger partial charge in [-0.25, -0.2) is 14.6 Å². The van der Waals surface area contributed by atoms with E-state index in [1.807, 2.05) is 48.5 Å². The minimum Gasteiger partial charge on any atom is -0.348 e. The minimum absolute atomic E-state index is 0.128. The molecule has 1 amide bonds. The second-order valence-electron chi connectivity index (χ2n) is 7.81. The lowest BCUT2D eigenvalue weighted by molar-refractivity contribution is 0.0687. The summed E-state index contributed by atoms with van der Waals surface area (Å²) in [7, 11) is 0. The molecule has 5 aromatic rings. The van der Waals surface area contributed by atoms with Gasteiger partial charge < -0.3 is 9.88 Å². The number of aromatic nitrogens is 6. The molecule has 33 heavy (non-hydrogen) atoms. The Balaban J connectivity index is 1.43. The van der Waals surface area contributed by atoms with Crippen molar-refractivity contribution in [3.05, 3.63) is 101 Å². The van der Waals surface area contributed by atoms with Gasteiger partial charge in [0, 0.05) is 36.4 Å². The van der Waals surface area contributed by atoms with Gasteiger partial charge in [-0.1, -0.05) is 41.9 Å². The number of aromatic amines is 1. The zero-order chi connectivity index (χ0) is 22.4. The van der Waals surface area contributed by atoms with Crippen molar-refractivity contribution < 1.29 is 4.79 Å². The first-order valence-electron chi connectivity index (χ1n) is 10.5. The van der Waals surface area contributed by atoms with Crippen LogP contribution in [0.3, 0.4) is 0 Å². The van der Waals surface area contributed by atoms with E-state index in [1.54, 1.807) is 29.7 Å². The van der Waals surface area contributed by atoms with Gasteiger partial charge in [-0.3, -0.25) is 9.78 Å². The Bertz CT molecular complexity index is 1480. The van der Waals surface area contributed by atoms with E-state index in [9.17, 15) is 4.79 Å². The standard InChI is InChI=1S/C24H18ClN7O/c25-23-16(13-32(30-23)20-7-3-4-11-26-20)24(33)31-12-10-18-21(28-14-27-18)22(31)19-9-8-15-5-1-2-6-17(15)29-19/h1-9,11,13-14,22H,10,12H2,(H,27,28)/t22-/m1/s1. The molecule has 162 valence electrons. The predicted molar refractivity (Wildman–Crippen MR) is 123 cm³/mol. The van der Waals surface area contributed by atoms with E-state index in [2.05, 4.69) is 20.1 Å². The number of carbonyl (C=O) groups is 1. The molecular weight excluding hydrogens is 438 g/mol. The van der Waals surface area contributed by atoms with Crippen molar-refractivity contribution in [1.82, 2.24) is 34.6 Å². The molecule has 0 spiro atoms. The molecule has 0 aliphatic carbocycles. The molecule has 5 heterocycles. The quantitative estimate of drug-likeness (QED) is 0.444. The number of imidazole rings is 1. The van der Waals surface area contributed by atoms with Crippen molar-refractivity contribution >= 4 is 28.4 Å². The second-order valence-corrected chi connectivity index (χ2v) is 8.17. The third-order valence-corrected chi connectivity index (χ3v) is 6.15. The van der Waals surface area contributed by atoms with Gasteiger partial charge in [0.05, 0.1) is 28.8 Å². The molecule has 1 aliphatic heterocycles. The normalized spacial score (nSPS) is 15.5. The summed E-state index contributed by atoms with van der Waals surface area (Å²) in [5.74, 6) is 0.357. The van der Waals surface area contributed by atoms with E-state index >= 15 is 0 Å². The van der Waals surface area contributed by atoms with Crippen LogP contribution in [0.5, 0.6) is 0 Å². The number of pyridine rings is 2. The number of hydrogen-bond donors (Lipinski definition) is 1. The van der Waals surface area contributed by atoms with Crippen molar-refractivity contribution in [2.24, 2.45) is 0 Å². The van der Waals surface area contributed by atoms with Gasteiger partial charge >= 0.3 is 0 Å². The Hall–Kier alpha value is -4.04. The van der Waals surface area contributed by atoms with E-state index < -0.39 is 6.04 Å². The Morgan fingerprint density at radius 1 is 1.06 bits per heavy atom. The van der Waals surface area contributed by atoms with Crippen LogP contribution < -0.4 is 0 Å². The lowest BCUT2D eigenvalue weighted by atomic mass is 9.98. The molecule has 0 bridgehead atoms. The van der Waals surface area contributed by atoms with E-state index in [-0.39, 0.29) is 11.1 Å². The van der Waals surface area contributed by atoms with Crippen LogP contribution in [0.4, 0.5) is 0 Å². The summed E-state index contributed by atoms with van der Waals surface area (Å²) in [5, 5.41) is 5.47. The van der Waals surface area contributed by atoms with Crippen molar-refractivity contribution in [2.75, 3.05) is 6.54 Å². The van der Waals surface area contributed by atoms with Gasteiger partial charge in [0.2, 0.25) is 0 Å². The molecule has 1 N–H and O–H groups in total. The van der Waals surface area contributed by atoms with Crippen LogP contribution in [-0.4, -0.2) is 47.1 Å². The zero-order valence-electron chi connectivity index (χ0n) is 17.4. The number of halogens is 1. The average Bonchev–Trinajstić information content (AvgIpc) is 3.50. The Morgan fingerprint density at radius 3 is 2.82 bits per heavy atom. The third-order valence-electron chi connectivity index (χ3n) is 5.87. The summed E-state index contributed by atoms with van der Waals surface area (Å²) in [5.41, 5.74) is 3.74. The summed E-state index contributed by atoms with van der Waals surface area (Å²) in [6.07, 6.45) is 5.62. The minimum atomic E-state index is -0.439. The summed E-state index contributed by atoms with van der Waals surface area (Å²) in [6, 6.07) is 16.9. The van der Waals surface area contributed by atoms with E-state index in [0.29, 0.717) is 24.3 Å². The number of hydrogen-bond acceptors (Lipinski definition) is 5. The number of nitrogens with one attached hydrogen (secondary N) is 1. The molecule has 1 atom stereocenters. The molecule has 0 saturated heterocycles. The summed E-state index contributed by atoms with van der Waals surface area (Å²) < 4.78 is 1.52. The summed E-state index contributed by atoms with van der Waals surface area (Å²) in [4.78, 5) is 32.4. The first kappa shape index (κ1) is 19.6. The topological polar surface area (TPSA) is 92.6 Å². The highest BCUT2D eigenvalue weighted by Crippen LogP contribution is 2.35. The lowest BCUT2D eigenvalue weighted by Gasteiger charge is -2.34. The number of fused-ring (bicyclic) bond motifs is 2. The van der Waals surface area contributed by atoms with Gasteiger partial charge in [0.1, 0.15) is 6.04 Å². The molecule has 8 nitrogen and oxygen atoms in total. The highest BCUT2D eigenvalue weighted by molar-refractivity contribution is 6.32. The highest BCUT2D eigenvalue weighted by Gasteiger charge is 2.36. The average molecular weight is 456 g/mol. The Labute approximate surface area is 193 Å². The summed E-state index contributed by atoms with van der Waals surface area (Å²) in [6.45, 7) is 0.498. The van der Waals surface area contributed by atoms with Crippen molar-refractivity contribution in [3.63, 3.8) is 0 Å². The maximum absolute atomic E-state index is 13.7. The Morgan fingerprint density at radius 2 is 1.94 bits per heavy atom. The molecule has 0 unspecified atom stereocenters. The molecule has 0 fully saturated rings. The van der Waals surface area contributed by atoms with Crippen LogP contribution in [0, 0.1) is 0 Å². The number of para-hydroxylation sites is 1. The third kappa shape index (κ3) is 3.35. The first-order chi connectivity index (χ1) is 16.2. The van der Waals surface area contributed by atoms with Crippen LogP contribution in [0.2, 0.25) is 5.15 Å². The maximum atomic E-state index is 13.7. The van der Waals surface area contributed by atoms with Crippen LogP contribution in [0.15, 0.2) is 73.3 Å². The van der Waals surface area contributed by atoms with E-state index in [0.717, 1.165) is 28.0 Å². The SMILES string of the molecule is O=C(c1cn(-c2ccccn2)nc1Cl)N1CCc2[nH]cnc2[C@H]1c1ccc2ccccc2n1. The fraction of sp³-hybridized carbons (Fsp3) is 0.125. The number of H-pyrrole nitrogens is 1. The van der Waals surface area contributed by atoms with Crippen molar-refractivity contribution in [1.29, 1.82) is 0 Å². The monoisotopic (exact) mass is 455 g/mol. The molecule has 0 radical (unpaired) electrons. The van der Waals surface area contributed by atoms with E-state index in [1.165, 1.54) is 4.68 Å². The molecular formula is C24H18ClN7O.